The van der Waals surface area contributed by atoms with E-state index in [2.05, 4.69) is 5.32 Å². The van der Waals surface area contributed by atoms with Crippen molar-refractivity contribution in [1.82, 2.24) is 10.2 Å². The molecule has 134 valence electrons. The van der Waals surface area contributed by atoms with Crippen LogP contribution >= 0.6 is 0 Å². The molecule has 0 aliphatic carbocycles. The summed E-state index contributed by atoms with van der Waals surface area (Å²) in [4.78, 5) is 13.7. The van der Waals surface area contributed by atoms with Gasteiger partial charge in [0, 0.05) is 19.6 Å². The molecule has 4 nitrogen and oxygen atoms in total. The minimum atomic E-state index is -4.66. The van der Waals surface area contributed by atoms with Gasteiger partial charge in [0.1, 0.15) is 11.4 Å². The van der Waals surface area contributed by atoms with E-state index in [0.29, 0.717) is 12.6 Å². The van der Waals surface area contributed by atoms with Crippen LogP contribution < -0.4 is 5.32 Å². The Bertz CT molecular complexity index is 611. The molecule has 1 aliphatic heterocycles. The highest BCUT2D eigenvalue weighted by atomic mass is 19.4. The van der Waals surface area contributed by atoms with Crippen LogP contribution in [0.1, 0.15) is 37.9 Å². The quantitative estimate of drug-likeness (QED) is 0.787. The Kier molecular flexibility index (Phi) is 5.08. The minimum Gasteiger partial charge on any atom is -0.444 e. The third-order valence-electron chi connectivity index (χ3n) is 3.50. The van der Waals surface area contributed by atoms with Crippen LogP contribution in [0.25, 0.3) is 0 Å². The average molecular weight is 348 g/mol. The predicted octanol–water partition coefficient (Wildman–Crippen LogP) is 3.73. The van der Waals surface area contributed by atoms with E-state index in [1.165, 1.54) is 4.90 Å². The van der Waals surface area contributed by atoms with Gasteiger partial charge in [-0.25, -0.2) is 9.18 Å². The van der Waals surface area contributed by atoms with Gasteiger partial charge in [0.15, 0.2) is 0 Å². The number of amides is 1. The molecule has 24 heavy (non-hydrogen) atoms. The Hall–Kier alpha value is -1.83. The number of carbonyl (C=O) groups excluding carboxylic acids is 1. The van der Waals surface area contributed by atoms with Crippen molar-refractivity contribution >= 4 is 6.09 Å². The summed E-state index contributed by atoms with van der Waals surface area (Å²) in [5.74, 6) is -0.991. The zero-order chi connectivity index (χ0) is 18.1. The molecule has 0 bridgehead atoms. The van der Waals surface area contributed by atoms with Gasteiger partial charge in [-0.2, -0.15) is 13.2 Å². The molecule has 1 aromatic carbocycles. The predicted molar refractivity (Wildman–Crippen MR) is 80.0 cm³/mol. The Morgan fingerprint density at radius 1 is 1.25 bits per heavy atom. The summed E-state index contributed by atoms with van der Waals surface area (Å²) in [6.07, 6.45) is -5.29. The van der Waals surface area contributed by atoms with E-state index in [9.17, 15) is 22.4 Å². The van der Waals surface area contributed by atoms with Gasteiger partial charge < -0.3 is 10.1 Å². The van der Waals surface area contributed by atoms with Gasteiger partial charge in [0.25, 0.3) is 0 Å². The summed E-state index contributed by atoms with van der Waals surface area (Å²) in [6.45, 7) is 6.07. The third kappa shape index (κ3) is 4.59. The first-order chi connectivity index (χ1) is 11.0. The molecule has 0 saturated carbocycles. The number of benzene rings is 1. The van der Waals surface area contributed by atoms with Crippen molar-refractivity contribution in [2.75, 3.05) is 19.6 Å². The monoisotopic (exact) mass is 348 g/mol. The topological polar surface area (TPSA) is 41.6 Å². The van der Waals surface area contributed by atoms with E-state index in [1.807, 2.05) is 0 Å². The number of ether oxygens (including phenoxy) is 1. The van der Waals surface area contributed by atoms with Crippen LogP contribution in [0.15, 0.2) is 18.2 Å². The van der Waals surface area contributed by atoms with Crippen molar-refractivity contribution in [3.05, 3.63) is 35.1 Å². The summed E-state index contributed by atoms with van der Waals surface area (Å²) in [5, 5.41) is 3.01. The third-order valence-corrected chi connectivity index (χ3v) is 3.50. The molecule has 1 unspecified atom stereocenters. The van der Waals surface area contributed by atoms with Crippen LogP contribution in [-0.4, -0.2) is 36.2 Å². The van der Waals surface area contributed by atoms with Gasteiger partial charge in [0.05, 0.1) is 11.6 Å². The molecular formula is C16H20F4N2O2. The number of nitrogens with one attached hydrogen (secondary N) is 1. The zero-order valence-electron chi connectivity index (χ0n) is 13.7. The molecule has 0 radical (unpaired) electrons. The van der Waals surface area contributed by atoms with Gasteiger partial charge in [-0.3, -0.25) is 4.90 Å². The molecular weight excluding hydrogens is 328 g/mol. The fraction of sp³-hybridized carbons (Fsp3) is 0.562. The van der Waals surface area contributed by atoms with E-state index in [4.69, 9.17) is 4.74 Å². The number of hydrogen-bond donors (Lipinski definition) is 1. The lowest BCUT2D eigenvalue weighted by Gasteiger charge is -2.37. The molecule has 1 amide bonds. The van der Waals surface area contributed by atoms with Gasteiger partial charge in [-0.15, -0.1) is 0 Å². The number of hydrogen-bond acceptors (Lipinski definition) is 3. The largest absolute Gasteiger partial charge is 0.444 e. The van der Waals surface area contributed by atoms with Crippen LogP contribution in [-0.2, 0) is 10.9 Å². The Balaban J connectivity index is 2.34. The fourth-order valence-electron chi connectivity index (χ4n) is 2.51. The second kappa shape index (κ2) is 6.58. The van der Waals surface area contributed by atoms with Crippen LogP contribution in [0.5, 0.6) is 0 Å². The van der Waals surface area contributed by atoms with Crippen LogP contribution in [0, 0.1) is 5.82 Å². The molecule has 1 atom stereocenters. The lowest BCUT2D eigenvalue weighted by Crippen LogP contribution is -2.50. The van der Waals surface area contributed by atoms with Gasteiger partial charge >= 0.3 is 12.3 Å². The van der Waals surface area contributed by atoms with E-state index < -0.39 is 35.3 Å². The standard InChI is InChI=1S/C16H20F4N2O2/c1-15(2,3)24-14(23)22-5-4-21-9-13(22)10-6-11(16(18,19)20)8-12(17)7-10/h6-8,13,21H,4-5,9H2,1-3H3. The van der Waals surface area contributed by atoms with Gasteiger partial charge in [0.2, 0.25) is 0 Å². The van der Waals surface area contributed by atoms with Gasteiger partial charge in [-0.05, 0) is 44.5 Å². The first kappa shape index (κ1) is 18.5. The van der Waals surface area contributed by atoms with Crippen molar-refractivity contribution in [3.63, 3.8) is 0 Å². The molecule has 2 rings (SSSR count). The summed E-state index contributed by atoms with van der Waals surface area (Å²) < 4.78 is 57.7. The Morgan fingerprint density at radius 2 is 1.92 bits per heavy atom. The molecule has 1 N–H and O–H groups in total. The number of nitrogens with zero attached hydrogens (tertiary/aromatic N) is 1. The number of piperazine rings is 1. The normalized spacial score (nSPS) is 19.3. The molecule has 1 aromatic rings. The number of rotatable bonds is 1. The maximum atomic E-state index is 13.7. The van der Waals surface area contributed by atoms with Crippen LogP contribution in [0.3, 0.4) is 0 Å². The maximum Gasteiger partial charge on any atom is 0.416 e. The van der Waals surface area contributed by atoms with E-state index in [0.717, 1.165) is 12.1 Å². The highest BCUT2D eigenvalue weighted by molar-refractivity contribution is 5.69. The van der Waals surface area contributed by atoms with Gasteiger partial charge in [-0.1, -0.05) is 0 Å². The van der Waals surface area contributed by atoms with Crippen molar-refractivity contribution in [1.29, 1.82) is 0 Å². The molecule has 1 fully saturated rings. The second-order valence-electron chi connectivity index (χ2n) is 6.66. The average Bonchev–Trinajstić information content (AvgIpc) is 2.44. The van der Waals surface area contributed by atoms with Crippen LogP contribution in [0.2, 0.25) is 0 Å². The second-order valence-corrected chi connectivity index (χ2v) is 6.66. The van der Waals surface area contributed by atoms with Crippen molar-refractivity contribution < 1.29 is 27.1 Å². The Labute approximate surface area is 137 Å². The maximum absolute atomic E-state index is 13.7. The smallest absolute Gasteiger partial charge is 0.416 e. The molecule has 1 aliphatic rings. The number of alkyl halides is 3. The van der Waals surface area contributed by atoms with E-state index >= 15 is 0 Å². The lowest BCUT2D eigenvalue weighted by molar-refractivity contribution is -0.137. The summed E-state index contributed by atoms with van der Waals surface area (Å²) in [7, 11) is 0. The van der Waals surface area contributed by atoms with Crippen LogP contribution in [0.4, 0.5) is 22.4 Å². The number of halogens is 4. The molecule has 0 spiro atoms. The highest BCUT2D eigenvalue weighted by Gasteiger charge is 2.35. The van der Waals surface area contributed by atoms with E-state index in [-0.39, 0.29) is 18.7 Å². The summed E-state index contributed by atoms with van der Waals surface area (Å²) in [6, 6.07) is 1.60. The Morgan fingerprint density at radius 3 is 2.50 bits per heavy atom. The first-order valence-corrected chi connectivity index (χ1v) is 7.55. The first-order valence-electron chi connectivity index (χ1n) is 7.55. The molecule has 1 saturated heterocycles. The fourth-order valence-corrected chi connectivity index (χ4v) is 2.51. The minimum absolute atomic E-state index is 0.0837. The van der Waals surface area contributed by atoms with Crippen molar-refractivity contribution in [2.24, 2.45) is 0 Å². The molecule has 8 heteroatoms. The summed E-state index contributed by atoms with van der Waals surface area (Å²) >= 11 is 0. The number of carbonyl (C=O) groups is 1. The van der Waals surface area contributed by atoms with Crippen molar-refractivity contribution in [2.45, 2.75) is 38.6 Å². The summed E-state index contributed by atoms with van der Waals surface area (Å²) in [5.41, 5.74) is -1.72. The lowest BCUT2D eigenvalue weighted by atomic mass is 10.0. The molecule has 0 aromatic heterocycles. The van der Waals surface area contributed by atoms with Crippen molar-refractivity contribution in [3.8, 4) is 0 Å². The SMILES string of the molecule is CC(C)(C)OC(=O)N1CCNCC1c1cc(F)cc(C(F)(F)F)c1. The van der Waals surface area contributed by atoms with E-state index in [1.54, 1.807) is 20.8 Å². The molecule has 1 heterocycles. The highest BCUT2D eigenvalue weighted by Crippen LogP contribution is 2.33. The zero-order valence-corrected chi connectivity index (χ0v) is 13.7.